The first-order valence-electron chi connectivity index (χ1n) is 7.53. The molecule has 2 aromatic carbocycles. The Labute approximate surface area is 148 Å². The minimum Gasteiger partial charge on any atom is -0.298 e. The third kappa shape index (κ3) is 3.72. The van der Waals surface area contributed by atoms with Crippen molar-refractivity contribution in [3.8, 4) is 11.3 Å². The molecule has 0 aliphatic heterocycles. The number of anilines is 1. The molecule has 0 atom stereocenters. The summed E-state index contributed by atoms with van der Waals surface area (Å²) in [6, 6.07) is 11.7. The average Bonchev–Trinajstić information content (AvgIpc) is 3.05. The van der Waals surface area contributed by atoms with E-state index in [1.807, 2.05) is 31.4 Å². The molecular weight excluding hydrogens is 338 g/mol. The van der Waals surface area contributed by atoms with Crippen LogP contribution in [0.4, 0.5) is 10.8 Å². The number of amides is 1. The predicted octanol–water partition coefficient (Wildman–Crippen LogP) is 4.59. The van der Waals surface area contributed by atoms with E-state index in [0.717, 1.165) is 22.4 Å². The van der Waals surface area contributed by atoms with Gasteiger partial charge in [-0.15, -0.1) is 11.3 Å². The lowest BCUT2D eigenvalue weighted by atomic mass is 10.0. The van der Waals surface area contributed by atoms with Crippen molar-refractivity contribution in [3.05, 3.63) is 74.6 Å². The lowest BCUT2D eigenvalue weighted by Gasteiger charge is -2.04. The zero-order chi connectivity index (χ0) is 18.0. The number of hydrogen-bond acceptors (Lipinski definition) is 5. The molecule has 7 heteroatoms. The van der Waals surface area contributed by atoms with E-state index in [2.05, 4.69) is 16.4 Å². The minimum absolute atomic E-state index is 0.122. The van der Waals surface area contributed by atoms with Crippen LogP contribution in [-0.2, 0) is 0 Å². The number of nitro groups is 1. The predicted molar refractivity (Wildman–Crippen MR) is 98.1 cm³/mol. The SMILES string of the molecule is Cc1ccc(C)c(-c2csc(NC(=O)c3cccc([N+](=O)[O-])c3)n2)c1. The second-order valence-corrected chi connectivity index (χ2v) is 6.48. The van der Waals surface area contributed by atoms with Gasteiger partial charge in [-0.3, -0.25) is 20.2 Å². The van der Waals surface area contributed by atoms with Gasteiger partial charge in [0.15, 0.2) is 5.13 Å². The molecule has 1 amide bonds. The van der Waals surface area contributed by atoms with E-state index in [4.69, 9.17) is 0 Å². The number of carbonyl (C=O) groups is 1. The first kappa shape index (κ1) is 16.8. The quantitative estimate of drug-likeness (QED) is 0.549. The number of nitrogens with one attached hydrogen (secondary N) is 1. The summed E-state index contributed by atoms with van der Waals surface area (Å²) in [5.41, 5.74) is 4.15. The molecule has 0 saturated heterocycles. The summed E-state index contributed by atoms with van der Waals surface area (Å²) in [4.78, 5) is 27.0. The molecule has 6 nitrogen and oxygen atoms in total. The van der Waals surface area contributed by atoms with Crippen LogP contribution in [0.3, 0.4) is 0 Å². The molecule has 1 heterocycles. The topological polar surface area (TPSA) is 85.1 Å². The lowest BCUT2D eigenvalue weighted by Crippen LogP contribution is -2.11. The van der Waals surface area contributed by atoms with Gasteiger partial charge in [0.25, 0.3) is 11.6 Å². The van der Waals surface area contributed by atoms with E-state index < -0.39 is 10.8 Å². The highest BCUT2D eigenvalue weighted by Crippen LogP contribution is 2.28. The van der Waals surface area contributed by atoms with Gasteiger partial charge in [0.05, 0.1) is 10.6 Å². The molecule has 0 bridgehead atoms. The second-order valence-electron chi connectivity index (χ2n) is 5.62. The number of nitrogens with zero attached hydrogens (tertiary/aromatic N) is 2. The summed E-state index contributed by atoms with van der Waals surface area (Å²) in [6.07, 6.45) is 0. The first-order chi connectivity index (χ1) is 11.9. The van der Waals surface area contributed by atoms with Crippen molar-refractivity contribution in [2.24, 2.45) is 0 Å². The molecule has 1 N–H and O–H groups in total. The summed E-state index contributed by atoms with van der Waals surface area (Å²) < 4.78 is 0. The van der Waals surface area contributed by atoms with Crippen LogP contribution in [0.25, 0.3) is 11.3 Å². The number of thiazole rings is 1. The summed E-state index contributed by atoms with van der Waals surface area (Å²) in [5.74, 6) is -0.425. The van der Waals surface area contributed by atoms with Crippen molar-refractivity contribution in [1.82, 2.24) is 4.98 Å². The maximum Gasteiger partial charge on any atom is 0.270 e. The molecule has 3 aromatic rings. The van der Waals surface area contributed by atoms with Gasteiger partial charge in [0.2, 0.25) is 0 Å². The van der Waals surface area contributed by atoms with Crippen molar-refractivity contribution in [3.63, 3.8) is 0 Å². The smallest absolute Gasteiger partial charge is 0.270 e. The van der Waals surface area contributed by atoms with Crippen LogP contribution in [0, 0.1) is 24.0 Å². The molecule has 0 aliphatic rings. The average molecular weight is 353 g/mol. The molecule has 0 spiro atoms. The standard InChI is InChI=1S/C18H15N3O3S/c1-11-6-7-12(2)15(8-11)16-10-25-18(19-16)20-17(22)13-4-3-5-14(9-13)21(23)24/h3-10H,1-2H3,(H,19,20,22). The van der Waals surface area contributed by atoms with Crippen molar-refractivity contribution < 1.29 is 9.72 Å². The molecule has 0 unspecified atom stereocenters. The molecule has 0 aliphatic carbocycles. The normalized spacial score (nSPS) is 10.5. The van der Waals surface area contributed by atoms with E-state index in [1.165, 1.54) is 35.6 Å². The fourth-order valence-electron chi connectivity index (χ4n) is 2.40. The van der Waals surface area contributed by atoms with Crippen LogP contribution in [0.2, 0.25) is 0 Å². The number of nitro benzene ring substituents is 1. The fourth-order valence-corrected chi connectivity index (χ4v) is 3.10. The highest BCUT2D eigenvalue weighted by Gasteiger charge is 2.14. The number of rotatable bonds is 4. The van der Waals surface area contributed by atoms with Gasteiger partial charge in [-0.2, -0.15) is 0 Å². The van der Waals surface area contributed by atoms with E-state index in [0.29, 0.717) is 5.13 Å². The Balaban J connectivity index is 1.81. The summed E-state index contributed by atoms with van der Waals surface area (Å²) >= 11 is 1.32. The molecule has 1 aromatic heterocycles. The van der Waals surface area contributed by atoms with Crippen molar-refractivity contribution in [2.45, 2.75) is 13.8 Å². The number of carbonyl (C=O) groups excluding carboxylic acids is 1. The molecule has 0 radical (unpaired) electrons. The van der Waals surface area contributed by atoms with Gasteiger partial charge in [-0.05, 0) is 31.5 Å². The Morgan fingerprint density at radius 1 is 1.20 bits per heavy atom. The first-order valence-corrected chi connectivity index (χ1v) is 8.41. The highest BCUT2D eigenvalue weighted by molar-refractivity contribution is 7.14. The Morgan fingerprint density at radius 2 is 2.00 bits per heavy atom. The van der Waals surface area contributed by atoms with Crippen LogP contribution in [0.1, 0.15) is 21.5 Å². The minimum atomic E-state index is -0.529. The largest absolute Gasteiger partial charge is 0.298 e. The fraction of sp³-hybridized carbons (Fsp3) is 0.111. The number of aromatic nitrogens is 1. The Morgan fingerprint density at radius 3 is 2.76 bits per heavy atom. The maximum atomic E-state index is 12.3. The lowest BCUT2D eigenvalue weighted by molar-refractivity contribution is -0.384. The van der Waals surface area contributed by atoms with E-state index >= 15 is 0 Å². The van der Waals surface area contributed by atoms with E-state index in [-0.39, 0.29) is 11.3 Å². The van der Waals surface area contributed by atoms with E-state index in [9.17, 15) is 14.9 Å². The molecule has 126 valence electrons. The van der Waals surface area contributed by atoms with E-state index in [1.54, 1.807) is 0 Å². The van der Waals surface area contributed by atoms with Crippen LogP contribution in [0.15, 0.2) is 47.8 Å². The number of hydrogen-bond donors (Lipinski definition) is 1. The van der Waals surface area contributed by atoms with Crippen molar-refractivity contribution in [2.75, 3.05) is 5.32 Å². The van der Waals surface area contributed by atoms with Crippen LogP contribution >= 0.6 is 11.3 Å². The molecule has 3 rings (SSSR count). The number of non-ortho nitro benzene ring substituents is 1. The van der Waals surface area contributed by atoms with Crippen LogP contribution in [-0.4, -0.2) is 15.8 Å². The summed E-state index contributed by atoms with van der Waals surface area (Å²) in [6.45, 7) is 4.02. The highest BCUT2D eigenvalue weighted by atomic mass is 32.1. The van der Waals surface area contributed by atoms with Crippen molar-refractivity contribution in [1.29, 1.82) is 0 Å². The van der Waals surface area contributed by atoms with Crippen LogP contribution in [0.5, 0.6) is 0 Å². The van der Waals surface area contributed by atoms with Gasteiger partial charge in [0.1, 0.15) is 0 Å². The van der Waals surface area contributed by atoms with Gasteiger partial charge in [-0.25, -0.2) is 4.98 Å². The maximum absolute atomic E-state index is 12.3. The third-order valence-corrected chi connectivity index (χ3v) is 4.47. The number of aryl methyl sites for hydroxylation is 2. The summed E-state index contributed by atoms with van der Waals surface area (Å²) in [7, 11) is 0. The second kappa shape index (κ2) is 6.82. The van der Waals surface area contributed by atoms with Gasteiger partial charge in [0, 0.05) is 28.6 Å². The van der Waals surface area contributed by atoms with Gasteiger partial charge < -0.3 is 0 Å². The Hall–Kier alpha value is -3.06. The zero-order valence-corrected chi connectivity index (χ0v) is 14.5. The zero-order valence-electron chi connectivity index (χ0n) is 13.6. The Bertz CT molecular complexity index is 966. The van der Waals surface area contributed by atoms with Gasteiger partial charge >= 0.3 is 0 Å². The Kier molecular flexibility index (Phi) is 4.58. The molecule has 0 fully saturated rings. The van der Waals surface area contributed by atoms with Crippen molar-refractivity contribution >= 4 is 28.1 Å². The van der Waals surface area contributed by atoms with Crippen LogP contribution < -0.4 is 5.32 Å². The number of benzene rings is 2. The molecular formula is C18H15N3O3S. The molecule has 25 heavy (non-hydrogen) atoms. The van der Waals surface area contributed by atoms with Gasteiger partial charge in [-0.1, -0.05) is 23.8 Å². The summed E-state index contributed by atoms with van der Waals surface area (Å²) in [5, 5.41) is 15.8. The third-order valence-electron chi connectivity index (χ3n) is 3.71. The monoisotopic (exact) mass is 353 g/mol. The molecule has 0 saturated carbocycles.